The van der Waals surface area contributed by atoms with E-state index in [0.717, 1.165) is 51.4 Å². The monoisotopic (exact) mass is 882 g/mol. The Balaban J connectivity index is 4.04. The molecule has 9 nitrogen and oxygen atoms in total. The van der Waals surface area contributed by atoms with Crippen molar-refractivity contribution in [2.75, 3.05) is 26.4 Å². The molecule has 2 atom stereocenters. The van der Waals surface area contributed by atoms with Crippen molar-refractivity contribution in [2.24, 2.45) is 5.73 Å². The third kappa shape index (κ3) is 47.5. The maximum Gasteiger partial charge on any atom is 0.472 e. The second kappa shape index (κ2) is 47.7. The molecule has 0 rings (SSSR count). The van der Waals surface area contributed by atoms with E-state index in [0.29, 0.717) is 6.42 Å². The van der Waals surface area contributed by atoms with Crippen LogP contribution in [0.5, 0.6) is 0 Å². The zero-order valence-corrected chi connectivity index (χ0v) is 40.5. The molecule has 0 aromatic heterocycles. The smallest absolute Gasteiger partial charge is 0.462 e. The summed E-state index contributed by atoms with van der Waals surface area (Å²) in [7, 11) is -4.38. The largest absolute Gasteiger partial charge is 0.472 e. The zero-order valence-electron chi connectivity index (χ0n) is 39.7. The lowest BCUT2D eigenvalue weighted by Gasteiger charge is -2.19. The molecule has 0 saturated carbocycles. The van der Waals surface area contributed by atoms with Crippen molar-refractivity contribution >= 4 is 19.8 Å². The molecule has 358 valence electrons. The number of carbonyl (C=O) groups excluding carboxylic acids is 2. The lowest BCUT2D eigenvalue weighted by atomic mass is 10.0. The number of hydrogen-bond acceptors (Lipinski definition) is 8. The molecule has 0 bridgehead atoms. The van der Waals surface area contributed by atoms with E-state index in [1.165, 1.54) is 161 Å². The minimum Gasteiger partial charge on any atom is -0.462 e. The summed E-state index contributed by atoms with van der Waals surface area (Å²) in [5, 5.41) is 0. The van der Waals surface area contributed by atoms with Gasteiger partial charge in [0.25, 0.3) is 0 Å². The van der Waals surface area contributed by atoms with Crippen LogP contribution in [0.2, 0.25) is 0 Å². The first-order valence-corrected chi connectivity index (χ1v) is 27.0. The minimum atomic E-state index is -4.38. The quantitative estimate of drug-likeness (QED) is 0.0265. The number of phosphoric ester groups is 1. The van der Waals surface area contributed by atoms with Crippen LogP contribution in [-0.4, -0.2) is 49.3 Å². The first kappa shape index (κ1) is 59.2. The molecule has 1 unspecified atom stereocenters. The van der Waals surface area contributed by atoms with Gasteiger partial charge in [-0.2, -0.15) is 0 Å². The van der Waals surface area contributed by atoms with Gasteiger partial charge in [0, 0.05) is 19.4 Å². The minimum absolute atomic E-state index is 0.0529. The number of ether oxygens (including phenoxy) is 2. The van der Waals surface area contributed by atoms with Crippen LogP contribution in [0.1, 0.15) is 245 Å². The van der Waals surface area contributed by atoms with Gasteiger partial charge in [0.1, 0.15) is 6.61 Å². The summed E-state index contributed by atoms with van der Waals surface area (Å²) in [4.78, 5) is 35.0. The molecule has 0 aliphatic rings. The van der Waals surface area contributed by atoms with Crippen molar-refractivity contribution in [1.29, 1.82) is 0 Å². The van der Waals surface area contributed by atoms with Crippen LogP contribution in [0, 0.1) is 0 Å². The molecule has 0 saturated heterocycles. The number of unbranched alkanes of at least 4 members (excludes halogenated alkanes) is 29. The van der Waals surface area contributed by atoms with Gasteiger partial charge >= 0.3 is 19.8 Å². The van der Waals surface area contributed by atoms with Gasteiger partial charge in [0.05, 0.1) is 13.2 Å². The predicted molar refractivity (Wildman–Crippen MR) is 257 cm³/mol. The molecule has 10 heteroatoms. The predicted octanol–water partition coefficient (Wildman–Crippen LogP) is 15.3. The van der Waals surface area contributed by atoms with Crippen LogP contribution < -0.4 is 5.73 Å². The third-order valence-corrected chi connectivity index (χ3v) is 12.0. The molecule has 0 radical (unpaired) electrons. The third-order valence-electron chi connectivity index (χ3n) is 11.0. The number of phosphoric acid groups is 1. The fraction of sp³-hybridized carbons (Fsp3) is 0.843. The standard InChI is InChI=1S/C51H96NO8P/c1-3-5-7-9-11-13-15-17-19-21-23-24-26-27-29-31-33-35-37-39-41-43-50(53)57-47-49(48-59-61(55,56)58-46-45-52)60-51(54)44-42-40-38-36-34-32-30-28-25-22-20-18-16-14-12-10-8-6-4-2/h12,14,17-20,49H,3-11,13,15-16,21-48,52H2,1-2H3,(H,55,56)/b14-12-,19-17-,20-18-/t49-/m1/s1. The van der Waals surface area contributed by atoms with E-state index in [2.05, 4.69) is 50.3 Å². The van der Waals surface area contributed by atoms with Gasteiger partial charge in [0.2, 0.25) is 0 Å². The molecular weight excluding hydrogens is 786 g/mol. The summed E-state index contributed by atoms with van der Waals surface area (Å²) in [5.41, 5.74) is 5.37. The van der Waals surface area contributed by atoms with Crippen LogP contribution >= 0.6 is 7.82 Å². The fourth-order valence-electron chi connectivity index (χ4n) is 7.19. The highest BCUT2D eigenvalue weighted by atomic mass is 31.2. The van der Waals surface area contributed by atoms with Gasteiger partial charge in [-0.15, -0.1) is 0 Å². The van der Waals surface area contributed by atoms with E-state index in [1.807, 2.05) is 0 Å². The van der Waals surface area contributed by atoms with Crippen LogP contribution in [-0.2, 0) is 32.7 Å². The summed E-state index contributed by atoms with van der Waals surface area (Å²) < 4.78 is 32.9. The lowest BCUT2D eigenvalue weighted by Crippen LogP contribution is -2.29. The Morgan fingerprint density at radius 3 is 1.30 bits per heavy atom. The van der Waals surface area contributed by atoms with E-state index in [9.17, 15) is 19.0 Å². The molecule has 0 aliphatic heterocycles. The van der Waals surface area contributed by atoms with Crippen molar-refractivity contribution < 1.29 is 37.6 Å². The highest BCUT2D eigenvalue weighted by Gasteiger charge is 2.26. The number of rotatable bonds is 48. The highest BCUT2D eigenvalue weighted by molar-refractivity contribution is 7.47. The average Bonchev–Trinajstić information content (AvgIpc) is 3.25. The second-order valence-electron chi connectivity index (χ2n) is 17.0. The molecule has 3 N–H and O–H groups in total. The van der Waals surface area contributed by atoms with E-state index in [4.69, 9.17) is 24.3 Å². The lowest BCUT2D eigenvalue weighted by molar-refractivity contribution is -0.161. The van der Waals surface area contributed by atoms with Crippen LogP contribution in [0.3, 0.4) is 0 Å². The Kier molecular flexibility index (Phi) is 46.3. The Morgan fingerprint density at radius 2 is 0.852 bits per heavy atom. The summed E-state index contributed by atoms with van der Waals surface area (Å²) in [6.45, 7) is 3.73. The SMILES string of the molecule is CCCCC/C=C\C/C=C\CCCCCCCCCCCC(=O)O[C@H](COC(=O)CCCCCCCCCCCCC/C=C\CCCCCCCC)COP(=O)(O)OCCN. The van der Waals surface area contributed by atoms with Gasteiger partial charge in [-0.05, 0) is 70.6 Å². The maximum absolute atomic E-state index is 12.6. The highest BCUT2D eigenvalue weighted by Crippen LogP contribution is 2.43. The van der Waals surface area contributed by atoms with Crippen molar-refractivity contribution in [3.63, 3.8) is 0 Å². The summed E-state index contributed by atoms with van der Waals surface area (Å²) >= 11 is 0. The molecular formula is C51H96NO8P. The topological polar surface area (TPSA) is 134 Å². The first-order valence-electron chi connectivity index (χ1n) is 25.5. The Bertz CT molecular complexity index is 1100. The zero-order chi connectivity index (χ0) is 44.6. The van der Waals surface area contributed by atoms with Gasteiger partial charge < -0.3 is 20.1 Å². The first-order chi connectivity index (χ1) is 29.8. The average molecular weight is 882 g/mol. The Morgan fingerprint density at radius 1 is 0.492 bits per heavy atom. The van der Waals surface area contributed by atoms with E-state index in [-0.39, 0.29) is 38.6 Å². The second-order valence-corrected chi connectivity index (χ2v) is 18.5. The molecule has 0 fully saturated rings. The number of nitrogens with two attached hydrogens (primary N) is 1. The van der Waals surface area contributed by atoms with Gasteiger partial charge in [-0.25, -0.2) is 4.57 Å². The van der Waals surface area contributed by atoms with Crippen molar-refractivity contribution in [2.45, 2.75) is 251 Å². The van der Waals surface area contributed by atoms with Crippen LogP contribution in [0.4, 0.5) is 0 Å². The fourth-order valence-corrected chi connectivity index (χ4v) is 7.96. The van der Waals surface area contributed by atoms with Gasteiger partial charge in [0.15, 0.2) is 6.10 Å². The number of allylic oxidation sites excluding steroid dienone is 6. The van der Waals surface area contributed by atoms with Gasteiger partial charge in [-0.1, -0.05) is 198 Å². The normalized spacial score (nSPS) is 13.4. The van der Waals surface area contributed by atoms with E-state index in [1.54, 1.807) is 0 Å². The molecule has 0 aromatic carbocycles. The maximum atomic E-state index is 12.6. The van der Waals surface area contributed by atoms with E-state index >= 15 is 0 Å². The van der Waals surface area contributed by atoms with Crippen LogP contribution in [0.25, 0.3) is 0 Å². The molecule has 0 aliphatic carbocycles. The Hall–Kier alpha value is -1.77. The molecule has 0 spiro atoms. The molecule has 0 heterocycles. The van der Waals surface area contributed by atoms with Crippen LogP contribution in [0.15, 0.2) is 36.5 Å². The van der Waals surface area contributed by atoms with Crippen molar-refractivity contribution in [3.8, 4) is 0 Å². The number of hydrogen-bond donors (Lipinski definition) is 2. The van der Waals surface area contributed by atoms with Crippen molar-refractivity contribution in [1.82, 2.24) is 0 Å². The van der Waals surface area contributed by atoms with Gasteiger partial charge in [-0.3, -0.25) is 18.6 Å². The van der Waals surface area contributed by atoms with Crippen molar-refractivity contribution in [3.05, 3.63) is 36.5 Å². The molecule has 61 heavy (non-hydrogen) atoms. The number of carbonyl (C=O) groups is 2. The number of esters is 2. The molecule has 0 amide bonds. The summed E-state index contributed by atoms with van der Waals surface area (Å²) in [6, 6.07) is 0. The summed E-state index contributed by atoms with van der Waals surface area (Å²) in [5.74, 6) is -0.826. The molecule has 0 aromatic rings. The Labute approximate surface area is 375 Å². The van der Waals surface area contributed by atoms with E-state index < -0.39 is 26.5 Å². The summed E-state index contributed by atoms with van der Waals surface area (Å²) in [6.07, 6.45) is 54.6.